The van der Waals surface area contributed by atoms with Crippen molar-refractivity contribution in [2.45, 2.75) is 0 Å². The highest BCUT2D eigenvalue weighted by Crippen LogP contribution is 2.31. The Hall–Kier alpha value is -1.12. The van der Waals surface area contributed by atoms with Crippen LogP contribution in [0.2, 0.25) is 0 Å². The topological polar surface area (TPSA) is 62.7 Å². The summed E-state index contributed by atoms with van der Waals surface area (Å²) in [6.07, 6.45) is 1.48. The first-order chi connectivity index (χ1) is 7.13. The van der Waals surface area contributed by atoms with E-state index in [1.54, 1.807) is 0 Å². The van der Waals surface area contributed by atoms with Gasteiger partial charge in [0.1, 0.15) is 6.07 Å². The summed E-state index contributed by atoms with van der Waals surface area (Å²) in [5, 5.41) is 9.60. The minimum Gasteiger partial charge on any atom is -0.397 e. The van der Waals surface area contributed by atoms with Crippen LogP contribution in [0.25, 0.3) is 10.9 Å². The lowest BCUT2D eigenvalue weighted by Gasteiger charge is -2.05. The van der Waals surface area contributed by atoms with Crippen LogP contribution in [0.3, 0.4) is 0 Å². The highest BCUT2D eigenvalue weighted by molar-refractivity contribution is 9.11. The minimum atomic E-state index is 0.396. The lowest BCUT2D eigenvalue weighted by molar-refractivity contribution is 1.36. The van der Waals surface area contributed by atoms with Crippen molar-refractivity contribution in [3.63, 3.8) is 0 Å². The zero-order chi connectivity index (χ0) is 11.0. The van der Waals surface area contributed by atoms with E-state index >= 15 is 0 Å². The first-order valence-corrected chi connectivity index (χ1v) is 5.65. The number of nitrogen functional groups attached to an aromatic ring is 1. The second-order valence-electron chi connectivity index (χ2n) is 2.98. The van der Waals surface area contributed by atoms with Crippen LogP contribution >= 0.6 is 31.9 Å². The molecule has 1 heterocycles. The lowest BCUT2D eigenvalue weighted by atomic mass is 10.1. The van der Waals surface area contributed by atoms with Gasteiger partial charge in [0.25, 0.3) is 0 Å². The third kappa shape index (κ3) is 1.71. The molecule has 1 aromatic heterocycles. The molecular formula is C10H5Br2N3. The number of nitriles is 1. The number of anilines is 1. The normalized spacial score (nSPS) is 10.2. The number of pyridine rings is 1. The van der Waals surface area contributed by atoms with E-state index in [1.165, 1.54) is 6.20 Å². The van der Waals surface area contributed by atoms with Gasteiger partial charge in [-0.3, -0.25) is 4.98 Å². The molecule has 0 radical (unpaired) electrons. The van der Waals surface area contributed by atoms with Crippen LogP contribution in [-0.4, -0.2) is 4.98 Å². The molecule has 0 aliphatic carbocycles. The summed E-state index contributed by atoms with van der Waals surface area (Å²) >= 11 is 6.76. The molecule has 0 aliphatic rings. The molecule has 2 N–H and O–H groups in total. The third-order valence-corrected chi connectivity index (χ3v) is 3.11. The first-order valence-electron chi connectivity index (χ1n) is 4.07. The molecule has 74 valence electrons. The smallest absolute Gasteiger partial charge is 0.103 e. The number of rotatable bonds is 0. The van der Waals surface area contributed by atoms with Crippen LogP contribution in [0.5, 0.6) is 0 Å². The maximum atomic E-state index is 8.82. The van der Waals surface area contributed by atoms with Gasteiger partial charge in [0.2, 0.25) is 0 Å². The molecule has 0 atom stereocenters. The average Bonchev–Trinajstić information content (AvgIpc) is 2.19. The number of fused-ring (bicyclic) bond motifs is 1. The molecule has 0 bridgehead atoms. The van der Waals surface area contributed by atoms with Gasteiger partial charge in [-0.2, -0.15) is 5.26 Å². The largest absolute Gasteiger partial charge is 0.397 e. The number of nitrogens with zero attached hydrogens (tertiary/aromatic N) is 2. The van der Waals surface area contributed by atoms with Gasteiger partial charge in [-0.1, -0.05) is 15.9 Å². The number of halogens is 2. The van der Waals surface area contributed by atoms with Crippen molar-refractivity contribution < 1.29 is 0 Å². The van der Waals surface area contributed by atoms with Crippen LogP contribution in [-0.2, 0) is 0 Å². The second kappa shape index (κ2) is 3.80. The van der Waals surface area contributed by atoms with E-state index in [4.69, 9.17) is 11.0 Å². The SMILES string of the molecule is N#Cc1cnc2c(Br)cc(Br)cc2c1N. The van der Waals surface area contributed by atoms with Gasteiger partial charge in [0.15, 0.2) is 0 Å². The highest BCUT2D eigenvalue weighted by Gasteiger charge is 2.08. The quantitative estimate of drug-likeness (QED) is 0.808. The molecule has 0 amide bonds. The van der Waals surface area contributed by atoms with Gasteiger partial charge in [-0.25, -0.2) is 0 Å². The summed E-state index contributed by atoms with van der Waals surface area (Å²) in [6, 6.07) is 5.75. The molecular weight excluding hydrogens is 322 g/mol. The Labute approximate surface area is 103 Å². The van der Waals surface area contributed by atoms with E-state index in [1.807, 2.05) is 18.2 Å². The predicted octanol–water partition coefficient (Wildman–Crippen LogP) is 3.21. The Balaban J connectivity index is 2.94. The number of aromatic nitrogens is 1. The molecule has 2 rings (SSSR count). The van der Waals surface area contributed by atoms with Crippen molar-refractivity contribution in [3.05, 3.63) is 32.8 Å². The van der Waals surface area contributed by atoms with E-state index in [0.717, 1.165) is 19.8 Å². The molecule has 2 aromatic rings. The summed E-state index contributed by atoms with van der Waals surface area (Å²) in [5.41, 5.74) is 7.48. The molecule has 0 saturated heterocycles. The monoisotopic (exact) mass is 325 g/mol. The maximum Gasteiger partial charge on any atom is 0.103 e. The Morgan fingerprint density at radius 3 is 2.73 bits per heavy atom. The van der Waals surface area contributed by atoms with Crippen molar-refractivity contribution in [2.75, 3.05) is 5.73 Å². The van der Waals surface area contributed by atoms with Gasteiger partial charge in [0, 0.05) is 20.5 Å². The standard InChI is InChI=1S/C10H5Br2N3/c11-6-1-7-9(14)5(3-13)4-15-10(7)8(12)2-6/h1-2,4H,(H2,14,15). The number of benzene rings is 1. The Morgan fingerprint density at radius 1 is 1.33 bits per heavy atom. The van der Waals surface area contributed by atoms with Gasteiger partial charge < -0.3 is 5.73 Å². The number of nitrogens with two attached hydrogens (primary N) is 1. The maximum absolute atomic E-state index is 8.82. The molecule has 0 spiro atoms. The minimum absolute atomic E-state index is 0.396. The number of hydrogen-bond donors (Lipinski definition) is 1. The van der Waals surface area contributed by atoms with Crippen molar-refractivity contribution >= 4 is 48.5 Å². The van der Waals surface area contributed by atoms with Crippen LogP contribution in [0.4, 0.5) is 5.69 Å². The van der Waals surface area contributed by atoms with Crippen LogP contribution in [0, 0.1) is 11.3 Å². The van der Waals surface area contributed by atoms with E-state index in [9.17, 15) is 0 Å². The summed E-state index contributed by atoms with van der Waals surface area (Å²) in [4.78, 5) is 4.18. The summed E-state index contributed by atoms with van der Waals surface area (Å²) in [6.45, 7) is 0. The fourth-order valence-corrected chi connectivity index (χ4v) is 2.66. The van der Waals surface area contributed by atoms with Crippen molar-refractivity contribution in [3.8, 4) is 6.07 Å². The average molecular weight is 327 g/mol. The lowest BCUT2D eigenvalue weighted by Crippen LogP contribution is -1.94. The molecule has 5 heteroatoms. The van der Waals surface area contributed by atoms with Crippen molar-refractivity contribution in [2.24, 2.45) is 0 Å². The Kier molecular flexibility index (Phi) is 2.63. The van der Waals surface area contributed by atoms with Crippen molar-refractivity contribution in [1.29, 1.82) is 5.26 Å². The van der Waals surface area contributed by atoms with Crippen molar-refractivity contribution in [1.82, 2.24) is 4.98 Å². The zero-order valence-corrected chi connectivity index (χ0v) is 10.6. The zero-order valence-electron chi connectivity index (χ0n) is 7.46. The fourth-order valence-electron chi connectivity index (χ4n) is 1.34. The molecule has 0 unspecified atom stereocenters. The molecule has 3 nitrogen and oxygen atoms in total. The van der Waals surface area contributed by atoms with Crippen LogP contribution in [0.1, 0.15) is 5.56 Å². The van der Waals surface area contributed by atoms with Gasteiger partial charge >= 0.3 is 0 Å². The molecule has 0 saturated carbocycles. The predicted molar refractivity (Wildman–Crippen MR) is 66.3 cm³/mol. The molecule has 1 aromatic carbocycles. The van der Waals surface area contributed by atoms with E-state index in [2.05, 4.69) is 36.8 Å². The third-order valence-electron chi connectivity index (χ3n) is 2.05. The van der Waals surface area contributed by atoms with E-state index < -0.39 is 0 Å². The first kappa shape index (κ1) is 10.4. The van der Waals surface area contributed by atoms with Crippen LogP contribution in [0.15, 0.2) is 27.3 Å². The van der Waals surface area contributed by atoms with Gasteiger partial charge in [-0.05, 0) is 28.1 Å². The summed E-state index contributed by atoms with van der Waals surface area (Å²) in [5.74, 6) is 0. The molecule has 15 heavy (non-hydrogen) atoms. The molecule has 0 fully saturated rings. The summed E-state index contributed by atoms with van der Waals surface area (Å²) < 4.78 is 1.74. The Bertz CT molecular complexity index is 587. The fraction of sp³-hybridized carbons (Fsp3) is 0. The number of hydrogen-bond acceptors (Lipinski definition) is 3. The van der Waals surface area contributed by atoms with Gasteiger partial charge in [-0.15, -0.1) is 0 Å². The second-order valence-corrected chi connectivity index (χ2v) is 4.75. The van der Waals surface area contributed by atoms with Crippen LogP contribution < -0.4 is 5.73 Å². The van der Waals surface area contributed by atoms with E-state index in [-0.39, 0.29) is 0 Å². The summed E-state index contributed by atoms with van der Waals surface area (Å²) in [7, 11) is 0. The van der Waals surface area contributed by atoms with E-state index in [0.29, 0.717) is 11.3 Å². The highest BCUT2D eigenvalue weighted by atomic mass is 79.9. The molecule has 0 aliphatic heterocycles. The Morgan fingerprint density at radius 2 is 2.07 bits per heavy atom. The van der Waals surface area contributed by atoms with Gasteiger partial charge in [0.05, 0.1) is 16.8 Å².